The number of aromatic nitrogens is 2. The highest BCUT2D eigenvalue weighted by atomic mass is 19.2. The summed E-state index contributed by atoms with van der Waals surface area (Å²) in [6.07, 6.45) is 1.14. The first-order chi connectivity index (χ1) is 12.9. The number of hydrogen-bond donors (Lipinski definition) is 1. The molecule has 0 spiro atoms. The average molecular weight is 373 g/mol. The number of amides is 2. The Morgan fingerprint density at radius 2 is 2.00 bits per heavy atom. The summed E-state index contributed by atoms with van der Waals surface area (Å²) in [7, 11) is 1.53. The minimum absolute atomic E-state index is 0.122. The number of rotatable bonds is 2. The highest BCUT2D eigenvalue weighted by Crippen LogP contribution is 2.29. The van der Waals surface area contributed by atoms with Crippen LogP contribution in [0, 0.1) is 11.6 Å². The van der Waals surface area contributed by atoms with E-state index in [1.807, 2.05) is 0 Å². The van der Waals surface area contributed by atoms with Gasteiger partial charge in [-0.2, -0.15) is 10.2 Å². The topological polar surface area (TPSA) is 81.7 Å². The number of carbonyl (C=O) groups is 2. The number of benzene rings is 1. The van der Waals surface area contributed by atoms with Gasteiger partial charge in [0.15, 0.2) is 11.6 Å². The molecule has 2 aromatic rings. The van der Waals surface area contributed by atoms with E-state index in [1.54, 1.807) is 4.90 Å². The SMILES string of the molecule is CN1N=C(C(=O)N2CCc3[nH]nc(-c4ccc(F)c(F)c4)c3C2)CCC1=O. The van der Waals surface area contributed by atoms with Crippen molar-refractivity contribution in [1.82, 2.24) is 20.1 Å². The third-order valence-electron chi connectivity index (χ3n) is 4.87. The Morgan fingerprint density at radius 3 is 2.74 bits per heavy atom. The van der Waals surface area contributed by atoms with Crippen LogP contribution >= 0.6 is 0 Å². The van der Waals surface area contributed by atoms with Gasteiger partial charge in [0.1, 0.15) is 5.71 Å². The molecule has 0 unspecified atom stereocenters. The van der Waals surface area contributed by atoms with Crippen molar-refractivity contribution in [2.45, 2.75) is 25.8 Å². The molecule has 9 heteroatoms. The first-order valence-corrected chi connectivity index (χ1v) is 8.59. The second-order valence-corrected chi connectivity index (χ2v) is 6.60. The van der Waals surface area contributed by atoms with Crippen molar-refractivity contribution in [2.75, 3.05) is 13.6 Å². The molecule has 0 radical (unpaired) electrons. The van der Waals surface area contributed by atoms with E-state index in [0.29, 0.717) is 36.4 Å². The second kappa shape index (κ2) is 6.57. The summed E-state index contributed by atoms with van der Waals surface area (Å²) in [6.45, 7) is 0.775. The predicted molar refractivity (Wildman–Crippen MR) is 92.5 cm³/mol. The first-order valence-electron chi connectivity index (χ1n) is 8.59. The molecule has 1 aromatic carbocycles. The third-order valence-corrected chi connectivity index (χ3v) is 4.87. The Balaban J connectivity index is 1.60. The average Bonchev–Trinajstić information content (AvgIpc) is 3.09. The van der Waals surface area contributed by atoms with E-state index in [2.05, 4.69) is 15.3 Å². The van der Waals surface area contributed by atoms with Crippen molar-refractivity contribution in [3.05, 3.63) is 41.1 Å². The van der Waals surface area contributed by atoms with Crippen LogP contribution < -0.4 is 0 Å². The maximum Gasteiger partial charge on any atom is 0.270 e. The molecule has 0 aliphatic carbocycles. The van der Waals surface area contributed by atoms with Crippen LogP contribution in [0.2, 0.25) is 0 Å². The van der Waals surface area contributed by atoms with Crippen LogP contribution in [0.4, 0.5) is 8.78 Å². The standard InChI is InChI=1S/C18H17F2N5O2/c1-24-16(26)5-4-15(23-24)18(27)25-7-6-14-11(9-25)17(22-21-14)10-2-3-12(19)13(20)8-10/h2-3,8H,4-7,9H2,1H3,(H,21,22). The van der Waals surface area contributed by atoms with Crippen LogP contribution in [0.1, 0.15) is 24.1 Å². The van der Waals surface area contributed by atoms with Gasteiger partial charge in [-0.3, -0.25) is 14.7 Å². The van der Waals surface area contributed by atoms with Gasteiger partial charge in [-0.25, -0.2) is 13.8 Å². The predicted octanol–water partition coefficient (Wildman–Crippen LogP) is 1.85. The summed E-state index contributed by atoms with van der Waals surface area (Å²) >= 11 is 0. The molecule has 27 heavy (non-hydrogen) atoms. The Morgan fingerprint density at radius 1 is 1.19 bits per heavy atom. The molecule has 7 nitrogen and oxygen atoms in total. The maximum atomic E-state index is 13.6. The lowest BCUT2D eigenvalue weighted by Gasteiger charge is -2.29. The summed E-state index contributed by atoms with van der Waals surface area (Å²) in [5.74, 6) is -2.22. The number of hydrazone groups is 1. The number of nitrogens with zero attached hydrogens (tertiary/aromatic N) is 4. The maximum absolute atomic E-state index is 13.6. The van der Waals surface area contributed by atoms with Crippen molar-refractivity contribution in [3.63, 3.8) is 0 Å². The molecule has 3 heterocycles. The zero-order chi connectivity index (χ0) is 19.1. The van der Waals surface area contributed by atoms with Crippen molar-refractivity contribution >= 4 is 17.5 Å². The molecule has 2 aliphatic heterocycles. The highest BCUT2D eigenvalue weighted by Gasteiger charge is 2.30. The molecule has 1 aromatic heterocycles. The lowest BCUT2D eigenvalue weighted by Crippen LogP contribution is -2.42. The van der Waals surface area contributed by atoms with Gasteiger partial charge in [-0.1, -0.05) is 0 Å². The molecular weight excluding hydrogens is 356 g/mol. The lowest BCUT2D eigenvalue weighted by molar-refractivity contribution is -0.130. The lowest BCUT2D eigenvalue weighted by atomic mass is 10.00. The number of H-pyrrole nitrogens is 1. The number of fused-ring (bicyclic) bond motifs is 1. The van der Waals surface area contributed by atoms with Gasteiger partial charge in [0.25, 0.3) is 5.91 Å². The summed E-state index contributed by atoms with van der Waals surface area (Å²) in [5.41, 5.74) is 2.94. The summed E-state index contributed by atoms with van der Waals surface area (Å²) in [5, 5.41) is 12.4. The van der Waals surface area contributed by atoms with Gasteiger partial charge in [-0.05, 0) is 18.2 Å². The van der Waals surface area contributed by atoms with Gasteiger partial charge in [0, 0.05) is 49.7 Å². The molecule has 4 rings (SSSR count). The Labute approximate surface area is 153 Å². The Hall–Kier alpha value is -3.10. The van der Waals surface area contributed by atoms with Crippen LogP contribution in [-0.2, 0) is 22.6 Å². The molecule has 0 fully saturated rings. The van der Waals surface area contributed by atoms with Crippen molar-refractivity contribution in [2.24, 2.45) is 5.10 Å². The summed E-state index contributed by atoms with van der Waals surface area (Å²) in [4.78, 5) is 26.0. The van der Waals surface area contributed by atoms with Gasteiger partial charge in [0.05, 0.1) is 12.2 Å². The van der Waals surface area contributed by atoms with E-state index in [0.717, 1.165) is 23.4 Å². The molecule has 2 amide bonds. The number of halogens is 2. The molecule has 0 saturated carbocycles. The van der Waals surface area contributed by atoms with Crippen molar-refractivity contribution in [3.8, 4) is 11.3 Å². The zero-order valence-electron chi connectivity index (χ0n) is 14.6. The first kappa shape index (κ1) is 17.3. The molecule has 1 N–H and O–H groups in total. The van der Waals surface area contributed by atoms with E-state index in [4.69, 9.17) is 0 Å². The normalized spacial score (nSPS) is 17.0. The molecule has 140 valence electrons. The van der Waals surface area contributed by atoms with E-state index in [1.165, 1.54) is 18.1 Å². The van der Waals surface area contributed by atoms with Crippen LogP contribution in [-0.4, -0.2) is 51.2 Å². The van der Waals surface area contributed by atoms with Crippen molar-refractivity contribution in [1.29, 1.82) is 0 Å². The molecule has 0 atom stereocenters. The van der Waals surface area contributed by atoms with Crippen LogP contribution in [0.3, 0.4) is 0 Å². The minimum atomic E-state index is -0.947. The number of carbonyl (C=O) groups excluding carboxylic acids is 2. The quantitative estimate of drug-likeness (QED) is 0.872. The fourth-order valence-corrected chi connectivity index (χ4v) is 3.36. The van der Waals surface area contributed by atoms with Crippen LogP contribution in [0.25, 0.3) is 11.3 Å². The Bertz CT molecular complexity index is 969. The molecule has 0 saturated heterocycles. The fourth-order valence-electron chi connectivity index (χ4n) is 3.36. The number of nitrogens with one attached hydrogen (secondary N) is 1. The van der Waals surface area contributed by atoms with Gasteiger partial charge in [0.2, 0.25) is 5.91 Å². The minimum Gasteiger partial charge on any atom is -0.333 e. The molecule has 2 aliphatic rings. The summed E-state index contributed by atoms with van der Waals surface area (Å²) in [6, 6.07) is 3.61. The number of aromatic amines is 1. The molecular formula is C18H17F2N5O2. The van der Waals surface area contributed by atoms with E-state index < -0.39 is 11.6 Å². The molecule has 0 bridgehead atoms. The summed E-state index contributed by atoms with van der Waals surface area (Å²) < 4.78 is 26.8. The van der Waals surface area contributed by atoms with Gasteiger partial charge < -0.3 is 4.90 Å². The monoisotopic (exact) mass is 373 g/mol. The van der Waals surface area contributed by atoms with Gasteiger partial charge in [-0.15, -0.1) is 0 Å². The van der Waals surface area contributed by atoms with E-state index >= 15 is 0 Å². The largest absolute Gasteiger partial charge is 0.333 e. The van der Waals surface area contributed by atoms with Crippen LogP contribution in [0.15, 0.2) is 23.3 Å². The van der Waals surface area contributed by atoms with E-state index in [-0.39, 0.29) is 24.8 Å². The van der Waals surface area contributed by atoms with E-state index in [9.17, 15) is 18.4 Å². The number of hydrogen-bond acceptors (Lipinski definition) is 4. The third kappa shape index (κ3) is 3.09. The smallest absolute Gasteiger partial charge is 0.270 e. The Kier molecular flexibility index (Phi) is 4.21. The van der Waals surface area contributed by atoms with Crippen molar-refractivity contribution < 1.29 is 18.4 Å². The second-order valence-electron chi connectivity index (χ2n) is 6.60. The fraction of sp³-hybridized carbons (Fsp3) is 0.333. The van der Waals surface area contributed by atoms with Gasteiger partial charge >= 0.3 is 0 Å². The van der Waals surface area contributed by atoms with Crippen LogP contribution in [0.5, 0.6) is 0 Å². The highest BCUT2D eigenvalue weighted by molar-refractivity contribution is 6.39. The zero-order valence-corrected chi connectivity index (χ0v) is 14.6.